The van der Waals surface area contributed by atoms with Gasteiger partial charge in [0.25, 0.3) is 0 Å². The van der Waals surface area contributed by atoms with Gasteiger partial charge in [-0.25, -0.2) is 0 Å². The number of hydrogen-bond acceptors (Lipinski definition) is 5. The smallest absolute Gasteiger partial charge is 0.240 e. The van der Waals surface area contributed by atoms with Gasteiger partial charge < -0.3 is 15.4 Å². The lowest BCUT2D eigenvalue weighted by Crippen LogP contribution is -2.65. The molecule has 1 aliphatic carbocycles. The van der Waals surface area contributed by atoms with Crippen molar-refractivity contribution in [2.24, 2.45) is 5.10 Å². The Morgan fingerprint density at radius 3 is 2.88 bits per heavy atom. The molecule has 1 amide bonds. The number of ether oxygens (including phenoxy) is 1. The zero-order chi connectivity index (χ0) is 18.6. The minimum atomic E-state index is -0.483. The summed E-state index contributed by atoms with van der Waals surface area (Å²) >= 11 is 6.09. The lowest BCUT2D eigenvalue weighted by molar-refractivity contribution is -0.128. The molecule has 7 heteroatoms. The molecule has 1 fully saturated rings. The molecule has 0 aromatic rings. The predicted octanol–water partition coefficient (Wildman–Crippen LogP) is 1.84. The number of carbonyl (C=O) groups is 1. The van der Waals surface area contributed by atoms with E-state index in [1.165, 1.54) is 0 Å². The van der Waals surface area contributed by atoms with Crippen LogP contribution in [-0.4, -0.2) is 56.0 Å². The van der Waals surface area contributed by atoms with Gasteiger partial charge in [-0.05, 0) is 23.6 Å². The van der Waals surface area contributed by atoms with Crippen molar-refractivity contribution in [1.82, 2.24) is 15.6 Å². The maximum absolute atomic E-state index is 12.5. The van der Waals surface area contributed by atoms with Crippen molar-refractivity contribution in [2.45, 2.75) is 12.0 Å². The van der Waals surface area contributed by atoms with Crippen molar-refractivity contribution in [2.75, 3.05) is 33.4 Å². The van der Waals surface area contributed by atoms with Gasteiger partial charge in [0.15, 0.2) is 0 Å². The number of carbonyl (C=O) groups excluding carboxylic acids is 1. The Morgan fingerprint density at radius 1 is 1.46 bits per heavy atom. The van der Waals surface area contributed by atoms with Gasteiger partial charge in [0.1, 0.15) is 5.54 Å². The normalized spacial score (nSPS) is 21.4. The second-order valence-corrected chi connectivity index (χ2v) is 6.90. The van der Waals surface area contributed by atoms with E-state index >= 15 is 0 Å². The summed E-state index contributed by atoms with van der Waals surface area (Å²) in [6.45, 7) is 5.60. The van der Waals surface area contributed by atoms with Crippen LogP contribution in [-0.2, 0) is 9.53 Å². The van der Waals surface area contributed by atoms with E-state index in [1.54, 1.807) is 12.3 Å². The molecule has 138 valence electrons. The van der Waals surface area contributed by atoms with Gasteiger partial charge in [-0.3, -0.25) is 9.80 Å². The molecular formula is C19H23ClN4O2. The molecule has 0 saturated carbocycles. The molecule has 2 heterocycles. The molecule has 0 radical (unpaired) electrons. The summed E-state index contributed by atoms with van der Waals surface area (Å²) in [5.41, 5.74) is 2.22. The minimum Gasteiger partial charge on any atom is -0.376 e. The van der Waals surface area contributed by atoms with Crippen LogP contribution in [0.2, 0.25) is 0 Å². The van der Waals surface area contributed by atoms with Crippen LogP contribution in [0.25, 0.3) is 0 Å². The Bertz CT molecular complexity index is 745. The Morgan fingerprint density at radius 2 is 2.27 bits per heavy atom. The van der Waals surface area contributed by atoms with E-state index in [1.807, 2.05) is 30.3 Å². The number of amides is 1. The van der Waals surface area contributed by atoms with Crippen LogP contribution in [0.15, 0.2) is 63.9 Å². The highest BCUT2D eigenvalue weighted by Gasteiger charge is 2.43. The number of halogens is 1. The fourth-order valence-corrected chi connectivity index (χ4v) is 3.16. The maximum Gasteiger partial charge on any atom is 0.240 e. The molecule has 3 aliphatic rings. The Balaban J connectivity index is 1.60. The largest absolute Gasteiger partial charge is 0.376 e. The van der Waals surface area contributed by atoms with Crippen LogP contribution in [0.5, 0.6) is 0 Å². The summed E-state index contributed by atoms with van der Waals surface area (Å²) < 4.78 is 5.37. The predicted molar refractivity (Wildman–Crippen MR) is 104 cm³/mol. The first kappa shape index (κ1) is 18.5. The number of likely N-dealkylation sites (N-methyl/N-ethyl adjacent to an activating group) is 1. The van der Waals surface area contributed by atoms with Crippen molar-refractivity contribution in [3.05, 3.63) is 58.8 Å². The summed E-state index contributed by atoms with van der Waals surface area (Å²) in [6.07, 6.45) is 12.0. The Kier molecular flexibility index (Phi) is 5.64. The first-order valence-electron chi connectivity index (χ1n) is 8.51. The Hall–Kier alpha value is -2.31. The molecule has 0 spiro atoms. The molecular weight excluding hydrogens is 352 g/mol. The molecule has 0 unspecified atom stereocenters. The zero-order valence-electron chi connectivity index (χ0n) is 14.8. The third-order valence-corrected chi connectivity index (χ3v) is 4.76. The van der Waals surface area contributed by atoms with Gasteiger partial charge in [0.05, 0.1) is 32.5 Å². The quantitative estimate of drug-likeness (QED) is 0.744. The molecule has 1 saturated heterocycles. The van der Waals surface area contributed by atoms with Crippen LogP contribution in [0.1, 0.15) is 6.42 Å². The number of nitrogens with zero attached hydrogens (tertiary/aromatic N) is 2. The first-order chi connectivity index (χ1) is 12.5. The zero-order valence-corrected chi connectivity index (χ0v) is 15.6. The van der Waals surface area contributed by atoms with E-state index in [-0.39, 0.29) is 12.5 Å². The van der Waals surface area contributed by atoms with Gasteiger partial charge >= 0.3 is 0 Å². The number of rotatable bonds is 6. The SMILES string of the molecule is C=CC1=CC(Cl)=CCC=C1NCC(=O)NC1(C2=CCN(C)N=C2)COC1. The molecule has 0 bridgehead atoms. The van der Waals surface area contributed by atoms with Gasteiger partial charge in [0, 0.05) is 17.8 Å². The maximum atomic E-state index is 12.5. The van der Waals surface area contributed by atoms with Crippen LogP contribution in [0, 0.1) is 0 Å². The molecule has 0 aromatic heterocycles. The lowest BCUT2D eigenvalue weighted by atomic mass is 9.87. The van der Waals surface area contributed by atoms with E-state index in [4.69, 9.17) is 16.3 Å². The monoisotopic (exact) mass is 374 g/mol. The van der Waals surface area contributed by atoms with Crippen molar-refractivity contribution in [3.8, 4) is 0 Å². The highest BCUT2D eigenvalue weighted by atomic mass is 35.5. The average Bonchev–Trinajstić information content (AvgIpc) is 2.78. The summed E-state index contributed by atoms with van der Waals surface area (Å²) in [6, 6.07) is 0. The fraction of sp³-hybridized carbons (Fsp3) is 0.368. The van der Waals surface area contributed by atoms with E-state index in [2.05, 4.69) is 28.4 Å². The molecule has 6 nitrogen and oxygen atoms in total. The van der Waals surface area contributed by atoms with Crippen molar-refractivity contribution in [3.63, 3.8) is 0 Å². The fourth-order valence-electron chi connectivity index (χ4n) is 2.95. The van der Waals surface area contributed by atoms with Crippen LogP contribution >= 0.6 is 11.6 Å². The topological polar surface area (TPSA) is 66.0 Å². The summed E-state index contributed by atoms with van der Waals surface area (Å²) in [4.78, 5) is 12.5. The van der Waals surface area contributed by atoms with Crippen molar-refractivity contribution < 1.29 is 9.53 Å². The second kappa shape index (κ2) is 7.93. The van der Waals surface area contributed by atoms with Crippen molar-refractivity contribution >= 4 is 23.7 Å². The second-order valence-electron chi connectivity index (χ2n) is 6.47. The number of nitrogens with one attached hydrogen (secondary N) is 2. The van der Waals surface area contributed by atoms with Gasteiger partial charge in [-0.2, -0.15) is 5.10 Å². The number of allylic oxidation sites excluding steroid dienone is 5. The standard InChI is InChI=1S/C19H23ClN4O2/c1-3-14-9-16(20)5-4-6-17(14)21-11-18(25)23-19(12-26-13-19)15-7-8-24(2)22-10-15/h3,5-7,9-10,21H,1,4,8,11-13H2,2H3,(H,23,25). The van der Waals surface area contributed by atoms with Crippen LogP contribution in [0.4, 0.5) is 0 Å². The van der Waals surface area contributed by atoms with E-state index in [0.29, 0.717) is 24.7 Å². The third kappa shape index (κ3) is 4.08. The summed E-state index contributed by atoms with van der Waals surface area (Å²) in [7, 11) is 1.91. The van der Waals surface area contributed by atoms with E-state index in [0.717, 1.165) is 23.4 Å². The van der Waals surface area contributed by atoms with Crippen molar-refractivity contribution in [1.29, 1.82) is 0 Å². The van der Waals surface area contributed by atoms with Gasteiger partial charge in [0.2, 0.25) is 5.91 Å². The molecule has 0 atom stereocenters. The molecule has 2 N–H and O–H groups in total. The number of hydrazone groups is 1. The lowest BCUT2D eigenvalue weighted by Gasteiger charge is -2.43. The first-order valence-corrected chi connectivity index (χ1v) is 8.89. The Labute approximate surface area is 158 Å². The molecule has 0 aromatic carbocycles. The summed E-state index contributed by atoms with van der Waals surface area (Å²) in [5.74, 6) is -0.103. The van der Waals surface area contributed by atoms with Gasteiger partial charge in [-0.1, -0.05) is 42.5 Å². The minimum absolute atomic E-state index is 0.103. The van der Waals surface area contributed by atoms with Gasteiger partial charge in [-0.15, -0.1) is 0 Å². The highest BCUT2D eigenvalue weighted by Crippen LogP contribution is 2.26. The van der Waals surface area contributed by atoms with Crippen LogP contribution in [0.3, 0.4) is 0 Å². The molecule has 3 rings (SSSR count). The summed E-state index contributed by atoms with van der Waals surface area (Å²) in [5, 5.41) is 13.1. The van der Waals surface area contributed by atoms with E-state index < -0.39 is 5.54 Å². The van der Waals surface area contributed by atoms with E-state index in [9.17, 15) is 4.79 Å². The third-order valence-electron chi connectivity index (χ3n) is 4.50. The average molecular weight is 375 g/mol. The molecule has 26 heavy (non-hydrogen) atoms. The molecule has 2 aliphatic heterocycles. The van der Waals surface area contributed by atoms with Crippen LogP contribution < -0.4 is 10.6 Å². The number of hydrogen-bond donors (Lipinski definition) is 2. The highest BCUT2D eigenvalue weighted by molar-refractivity contribution is 6.31.